The number of nitro groups is 1. The minimum atomic E-state index is -0.920. The minimum absolute atomic E-state index is 0.215. The van der Waals surface area contributed by atoms with Crippen LogP contribution in [0.5, 0.6) is 11.5 Å². The summed E-state index contributed by atoms with van der Waals surface area (Å²) in [4.78, 5) is 31.5. The van der Waals surface area contributed by atoms with Crippen LogP contribution in [-0.2, 0) is 0 Å². The van der Waals surface area contributed by atoms with Crippen LogP contribution in [0.1, 0.15) is 22.1 Å². The largest absolute Gasteiger partial charge is 0.493 e. The number of para-hydroxylation sites is 2. The Hall–Kier alpha value is -4.66. The van der Waals surface area contributed by atoms with Gasteiger partial charge in [-0.15, -0.1) is 0 Å². The predicted molar refractivity (Wildman–Crippen MR) is 128 cm³/mol. The molecule has 9 heteroatoms. The molecule has 1 aromatic heterocycles. The second-order valence-corrected chi connectivity index (χ2v) is 7.66. The second kappa shape index (κ2) is 8.36. The van der Waals surface area contributed by atoms with E-state index < -0.39 is 11.1 Å². The van der Waals surface area contributed by atoms with Crippen LogP contribution in [0.2, 0.25) is 0 Å². The molecule has 0 unspecified atom stereocenters. The van der Waals surface area contributed by atoms with Crippen molar-refractivity contribution in [2.24, 2.45) is 0 Å². The van der Waals surface area contributed by atoms with Gasteiger partial charge in [-0.1, -0.05) is 36.4 Å². The van der Waals surface area contributed by atoms with E-state index in [1.807, 2.05) is 30.3 Å². The number of nitrogens with zero attached hydrogens (tertiary/aromatic N) is 3. The van der Waals surface area contributed by atoms with Crippen LogP contribution in [0, 0.1) is 10.1 Å². The highest BCUT2D eigenvalue weighted by molar-refractivity contribution is 6.13. The van der Waals surface area contributed by atoms with E-state index in [1.165, 1.54) is 31.3 Å². The number of pyridine rings is 1. The van der Waals surface area contributed by atoms with E-state index in [4.69, 9.17) is 9.47 Å². The number of rotatable bonds is 5. The molecule has 0 spiro atoms. The number of anilines is 2. The molecule has 5 rings (SSSR count). The third-order valence-corrected chi connectivity index (χ3v) is 5.76. The summed E-state index contributed by atoms with van der Waals surface area (Å²) >= 11 is 0. The normalized spacial score (nSPS) is 14.9. The maximum atomic E-state index is 13.8. The fraction of sp³-hybridized carbons (Fsp3) is 0.120. The summed E-state index contributed by atoms with van der Waals surface area (Å²) in [5.41, 5.74) is 1.68. The van der Waals surface area contributed by atoms with Crippen molar-refractivity contribution >= 4 is 34.0 Å². The van der Waals surface area contributed by atoms with Crippen molar-refractivity contribution in [2.45, 2.75) is 6.17 Å². The summed E-state index contributed by atoms with van der Waals surface area (Å²) in [7, 11) is 2.86. The van der Waals surface area contributed by atoms with Gasteiger partial charge in [-0.2, -0.15) is 0 Å². The SMILES string of the molecule is COc1cc([C@@H]2Nc3nc4ccccc4cc3C(=O)N2c2ccccc2)c([N+](=O)[O-])cc1OC. The van der Waals surface area contributed by atoms with E-state index in [2.05, 4.69) is 10.3 Å². The number of fused-ring (bicyclic) bond motifs is 2. The quantitative estimate of drug-likeness (QED) is 0.335. The van der Waals surface area contributed by atoms with Crippen molar-refractivity contribution in [1.82, 2.24) is 4.98 Å². The number of benzene rings is 3. The van der Waals surface area contributed by atoms with Gasteiger partial charge in [0.05, 0.1) is 41.9 Å². The van der Waals surface area contributed by atoms with E-state index in [0.29, 0.717) is 28.3 Å². The van der Waals surface area contributed by atoms with Crippen LogP contribution in [-0.4, -0.2) is 30.0 Å². The summed E-state index contributed by atoms with van der Waals surface area (Å²) in [5.74, 6) is 0.552. The molecule has 1 N–H and O–H groups in total. The molecule has 1 amide bonds. The van der Waals surface area contributed by atoms with E-state index in [-0.39, 0.29) is 22.9 Å². The Morgan fingerprint density at radius 3 is 2.35 bits per heavy atom. The molecular formula is C25H20N4O5. The lowest BCUT2D eigenvalue weighted by Crippen LogP contribution is -2.43. The number of carbonyl (C=O) groups excluding carboxylic acids is 1. The first-order valence-corrected chi connectivity index (χ1v) is 10.5. The average Bonchev–Trinajstić information content (AvgIpc) is 2.87. The molecule has 9 nitrogen and oxygen atoms in total. The van der Waals surface area contributed by atoms with Gasteiger partial charge >= 0.3 is 0 Å². The lowest BCUT2D eigenvalue weighted by Gasteiger charge is -2.37. The van der Waals surface area contributed by atoms with E-state index in [1.54, 1.807) is 30.3 Å². The highest BCUT2D eigenvalue weighted by Crippen LogP contribution is 2.43. The van der Waals surface area contributed by atoms with Crippen LogP contribution in [0.25, 0.3) is 10.9 Å². The minimum Gasteiger partial charge on any atom is -0.493 e. The lowest BCUT2D eigenvalue weighted by molar-refractivity contribution is -0.385. The zero-order valence-electron chi connectivity index (χ0n) is 18.4. The number of hydrogen-bond acceptors (Lipinski definition) is 7. The van der Waals surface area contributed by atoms with E-state index in [0.717, 1.165) is 5.39 Å². The summed E-state index contributed by atoms with van der Waals surface area (Å²) in [6.45, 7) is 0. The van der Waals surface area contributed by atoms with Gasteiger partial charge in [0.15, 0.2) is 11.5 Å². The van der Waals surface area contributed by atoms with Crippen LogP contribution in [0.3, 0.4) is 0 Å². The Morgan fingerprint density at radius 2 is 1.65 bits per heavy atom. The number of amides is 1. The highest BCUT2D eigenvalue weighted by Gasteiger charge is 2.39. The van der Waals surface area contributed by atoms with Crippen molar-refractivity contribution in [2.75, 3.05) is 24.4 Å². The molecule has 2 heterocycles. The zero-order chi connectivity index (χ0) is 23.8. The molecule has 0 radical (unpaired) electrons. The molecule has 1 aliphatic rings. The molecule has 4 aromatic rings. The van der Waals surface area contributed by atoms with Crippen molar-refractivity contribution in [1.29, 1.82) is 0 Å². The Bertz CT molecular complexity index is 1420. The molecule has 0 fully saturated rings. The molecule has 0 bridgehead atoms. The van der Waals surface area contributed by atoms with Gasteiger partial charge in [0.25, 0.3) is 11.6 Å². The molecule has 1 aliphatic heterocycles. The van der Waals surface area contributed by atoms with Gasteiger partial charge < -0.3 is 14.8 Å². The molecule has 3 aromatic carbocycles. The topological polar surface area (TPSA) is 107 Å². The summed E-state index contributed by atoms with van der Waals surface area (Å²) < 4.78 is 10.7. The maximum Gasteiger partial charge on any atom is 0.280 e. The molecule has 0 aliphatic carbocycles. The number of aromatic nitrogens is 1. The number of ether oxygens (including phenoxy) is 2. The van der Waals surface area contributed by atoms with Crippen molar-refractivity contribution < 1.29 is 19.2 Å². The fourth-order valence-electron chi connectivity index (χ4n) is 4.16. The standard InChI is InChI=1S/C25H20N4O5/c1-33-21-13-17(20(29(31)32)14-22(21)34-2)24-27-23-18(12-15-8-6-7-11-19(15)26-23)25(30)28(24)16-9-4-3-5-10-16/h3-14,24H,1-2H3,(H,26,27)/t24-/m1/s1. The Kier molecular flexibility index (Phi) is 5.21. The molecule has 170 valence electrons. The van der Waals surface area contributed by atoms with Crippen LogP contribution >= 0.6 is 0 Å². The number of nitrogens with one attached hydrogen (secondary N) is 1. The van der Waals surface area contributed by atoms with Crippen molar-refractivity contribution in [3.63, 3.8) is 0 Å². The summed E-state index contributed by atoms with van der Waals surface area (Å²) in [5, 5.41) is 16.1. The van der Waals surface area contributed by atoms with Gasteiger partial charge in [-0.3, -0.25) is 19.8 Å². The zero-order valence-corrected chi connectivity index (χ0v) is 18.4. The van der Waals surface area contributed by atoms with E-state index in [9.17, 15) is 14.9 Å². The van der Waals surface area contributed by atoms with Crippen molar-refractivity contribution in [3.8, 4) is 11.5 Å². The first kappa shape index (κ1) is 21.2. The van der Waals surface area contributed by atoms with Crippen LogP contribution < -0.4 is 19.7 Å². The monoisotopic (exact) mass is 456 g/mol. The lowest BCUT2D eigenvalue weighted by atomic mass is 10.0. The third-order valence-electron chi connectivity index (χ3n) is 5.76. The van der Waals surface area contributed by atoms with Gasteiger partial charge in [0, 0.05) is 11.1 Å². The van der Waals surface area contributed by atoms with Gasteiger partial charge in [-0.25, -0.2) is 4.98 Å². The molecule has 0 saturated heterocycles. The first-order chi connectivity index (χ1) is 16.5. The number of nitro benzene ring substituents is 1. The second-order valence-electron chi connectivity index (χ2n) is 7.66. The summed E-state index contributed by atoms with van der Waals surface area (Å²) in [6, 6.07) is 21.1. The maximum absolute atomic E-state index is 13.8. The number of methoxy groups -OCH3 is 2. The van der Waals surface area contributed by atoms with Gasteiger partial charge in [0.1, 0.15) is 12.0 Å². The van der Waals surface area contributed by atoms with Crippen LogP contribution in [0.15, 0.2) is 72.8 Å². The molecule has 0 saturated carbocycles. The van der Waals surface area contributed by atoms with E-state index >= 15 is 0 Å². The third kappa shape index (κ3) is 3.43. The van der Waals surface area contributed by atoms with Crippen LogP contribution in [0.4, 0.5) is 17.2 Å². The van der Waals surface area contributed by atoms with Gasteiger partial charge in [-0.05, 0) is 30.3 Å². The molecular weight excluding hydrogens is 436 g/mol. The highest BCUT2D eigenvalue weighted by atomic mass is 16.6. The van der Waals surface area contributed by atoms with Crippen molar-refractivity contribution in [3.05, 3.63) is 94.0 Å². The first-order valence-electron chi connectivity index (χ1n) is 10.5. The van der Waals surface area contributed by atoms with Gasteiger partial charge in [0.2, 0.25) is 0 Å². The number of hydrogen-bond donors (Lipinski definition) is 1. The predicted octanol–water partition coefficient (Wildman–Crippen LogP) is 4.93. The Balaban J connectivity index is 1.76. The Morgan fingerprint density at radius 1 is 0.971 bits per heavy atom. The fourth-order valence-corrected chi connectivity index (χ4v) is 4.16. The Labute approximate surface area is 194 Å². The molecule has 1 atom stereocenters. The summed E-state index contributed by atoms with van der Waals surface area (Å²) in [6.07, 6.45) is -0.920. The molecule has 34 heavy (non-hydrogen) atoms. The smallest absolute Gasteiger partial charge is 0.280 e. The average molecular weight is 456 g/mol. The number of carbonyl (C=O) groups is 1.